The van der Waals surface area contributed by atoms with E-state index in [9.17, 15) is 0 Å². The fourth-order valence-corrected chi connectivity index (χ4v) is 4.90. The topological polar surface area (TPSA) is 49.2 Å². The van der Waals surface area contributed by atoms with E-state index in [1.165, 1.54) is 5.69 Å². The minimum Gasteiger partial charge on any atom is -0.372 e. The Morgan fingerprint density at radius 1 is 0.909 bits per heavy atom. The van der Waals surface area contributed by atoms with Crippen molar-refractivity contribution in [2.24, 2.45) is 0 Å². The zero-order chi connectivity index (χ0) is 22.9. The zero-order valence-corrected chi connectivity index (χ0v) is 19.4. The van der Waals surface area contributed by atoms with Crippen LogP contribution in [0.25, 0.3) is 33.2 Å². The predicted molar refractivity (Wildman–Crippen MR) is 135 cm³/mol. The monoisotopic (exact) mass is 453 g/mol. The van der Waals surface area contributed by atoms with Crippen molar-refractivity contribution >= 4 is 28.2 Å². The lowest BCUT2D eigenvalue weighted by molar-refractivity contribution is -0.00521. The maximum atomic E-state index is 9.07. The molecule has 33 heavy (non-hydrogen) atoms. The van der Waals surface area contributed by atoms with Crippen molar-refractivity contribution in [1.82, 2.24) is 4.98 Å². The van der Waals surface area contributed by atoms with Gasteiger partial charge in [0.25, 0.3) is 0 Å². The number of halogens is 1. The van der Waals surface area contributed by atoms with Crippen LogP contribution in [0.15, 0.2) is 72.9 Å². The SMILES string of the molecule is CC1CN(c2ccc(-c3cnc4c(-c5ccc(C#N)cc5)cccc4c3Cl)cc2)CC(C)O1. The van der Waals surface area contributed by atoms with Crippen molar-refractivity contribution in [3.8, 4) is 28.3 Å². The molecule has 0 bridgehead atoms. The number of morpholine rings is 1. The van der Waals surface area contributed by atoms with Crippen LogP contribution in [0.2, 0.25) is 5.02 Å². The number of nitriles is 1. The molecular weight excluding hydrogens is 430 g/mol. The van der Waals surface area contributed by atoms with Gasteiger partial charge in [0.05, 0.1) is 34.4 Å². The largest absolute Gasteiger partial charge is 0.372 e. The van der Waals surface area contributed by atoms with E-state index in [0.717, 1.165) is 46.2 Å². The highest BCUT2D eigenvalue weighted by Gasteiger charge is 2.22. The van der Waals surface area contributed by atoms with Crippen LogP contribution in [0.1, 0.15) is 19.4 Å². The molecule has 1 aliphatic heterocycles. The zero-order valence-electron chi connectivity index (χ0n) is 18.6. The van der Waals surface area contributed by atoms with Gasteiger partial charge in [-0.1, -0.05) is 54.1 Å². The Kier molecular flexibility index (Phi) is 5.76. The minimum atomic E-state index is 0.220. The highest BCUT2D eigenvalue weighted by molar-refractivity contribution is 6.38. The molecule has 1 aromatic heterocycles. The molecule has 0 radical (unpaired) electrons. The van der Waals surface area contributed by atoms with Gasteiger partial charge in [0.1, 0.15) is 0 Å². The van der Waals surface area contributed by atoms with Crippen LogP contribution in [0.3, 0.4) is 0 Å². The standard InChI is InChI=1S/C28H24ClN3O/c1-18-16-32(17-19(2)33-18)23-12-10-22(11-13-23)26-15-31-28-24(4-3-5-25(28)27(26)29)21-8-6-20(14-30)7-9-21/h3-13,15,18-19H,16-17H2,1-2H3. The lowest BCUT2D eigenvalue weighted by atomic mass is 9.98. The first kappa shape index (κ1) is 21.5. The predicted octanol–water partition coefficient (Wildman–Crippen LogP) is 6.71. The molecule has 2 atom stereocenters. The van der Waals surface area contributed by atoms with Crippen molar-refractivity contribution in [1.29, 1.82) is 5.26 Å². The van der Waals surface area contributed by atoms with Crippen molar-refractivity contribution in [3.05, 3.63) is 83.5 Å². The summed E-state index contributed by atoms with van der Waals surface area (Å²) >= 11 is 6.90. The smallest absolute Gasteiger partial charge is 0.0991 e. The summed E-state index contributed by atoms with van der Waals surface area (Å²) in [5.41, 5.74) is 6.63. The van der Waals surface area contributed by atoms with Crippen molar-refractivity contribution in [2.45, 2.75) is 26.1 Å². The van der Waals surface area contributed by atoms with Gasteiger partial charge in [0.15, 0.2) is 0 Å². The Bertz CT molecular complexity index is 1330. The van der Waals surface area contributed by atoms with Crippen LogP contribution in [-0.4, -0.2) is 30.3 Å². The van der Waals surface area contributed by atoms with Gasteiger partial charge in [-0.05, 0) is 49.2 Å². The number of anilines is 1. The number of hydrogen-bond acceptors (Lipinski definition) is 4. The molecule has 5 rings (SSSR count). The van der Waals surface area contributed by atoms with E-state index in [4.69, 9.17) is 26.6 Å². The number of aromatic nitrogens is 1. The molecule has 0 spiro atoms. The molecule has 0 saturated carbocycles. The van der Waals surface area contributed by atoms with E-state index < -0.39 is 0 Å². The Morgan fingerprint density at radius 3 is 2.21 bits per heavy atom. The molecule has 2 unspecified atom stereocenters. The molecule has 0 amide bonds. The fraction of sp³-hybridized carbons (Fsp3) is 0.214. The summed E-state index contributed by atoms with van der Waals surface area (Å²) < 4.78 is 5.86. The van der Waals surface area contributed by atoms with Gasteiger partial charge in [0, 0.05) is 41.5 Å². The summed E-state index contributed by atoms with van der Waals surface area (Å²) in [6.07, 6.45) is 2.29. The Hall–Kier alpha value is -3.39. The second kappa shape index (κ2) is 8.86. The molecule has 1 fully saturated rings. The summed E-state index contributed by atoms with van der Waals surface area (Å²) in [7, 11) is 0. The highest BCUT2D eigenvalue weighted by atomic mass is 35.5. The van der Waals surface area contributed by atoms with Crippen LogP contribution >= 0.6 is 11.6 Å². The normalized spacial score (nSPS) is 18.3. The summed E-state index contributed by atoms with van der Waals surface area (Å²) in [4.78, 5) is 7.16. The molecule has 1 aliphatic rings. The third-order valence-corrected chi connectivity index (χ3v) is 6.53. The van der Waals surface area contributed by atoms with Gasteiger partial charge in [-0.15, -0.1) is 0 Å². The summed E-state index contributed by atoms with van der Waals surface area (Å²) in [6.45, 7) is 6.01. The number of rotatable bonds is 3. The summed E-state index contributed by atoms with van der Waals surface area (Å²) in [5, 5.41) is 10.7. The Labute approximate surface area is 199 Å². The van der Waals surface area contributed by atoms with Gasteiger partial charge in [-0.2, -0.15) is 5.26 Å². The highest BCUT2D eigenvalue weighted by Crippen LogP contribution is 2.37. The average molecular weight is 454 g/mol. The molecule has 4 nitrogen and oxygen atoms in total. The molecule has 3 aromatic carbocycles. The van der Waals surface area contributed by atoms with Crippen LogP contribution in [0.4, 0.5) is 5.69 Å². The third kappa shape index (κ3) is 4.18. The van der Waals surface area contributed by atoms with Crippen LogP contribution in [0.5, 0.6) is 0 Å². The molecular formula is C28H24ClN3O. The van der Waals surface area contributed by atoms with Gasteiger partial charge in [0.2, 0.25) is 0 Å². The van der Waals surface area contributed by atoms with Crippen molar-refractivity contribution < 1.29 is 4.74 Å². The first-order valence-electron chi connectivity index (χ1n) is 11.1. The third-order valence-electron chi connectivity index (χ3n) is 6.12. The number of fused-ring (bicyclic) bond motifs is 1. The molecule has 0 aliphatic carbocycles. The molecule has 164 valence electrons. The molecule has 4 aromatic rings. The van der Waals surface area contributed by atoms with Crippen LogP contribution < -0.4 is 4.90 Å². The van der Waals surface area contributed by atoms with Crippen molar-refractivity contribution in [3.63, 3.8) is 0 Å². The Balaban J connectivity index is 1.49. The second-order valence-electron chi connectivity index (χ2n) is 8.59. The van der Waals surface area contributed by atoms with E-state index in [1.807, 2.05) is 48.7 Å². The van der Waals surface area contributed by atoms with E-state index in [-0.39, 0.29) is 12.2 Å². The maximum absolute atomic E-state index is 9.07. The Morgan fingerprint density at radius 2 is 1.55 bits per heavy atom. The van der Waals surface area contributed by atoms with E-state index in [0.29, 0.717) is 10.6 Å². The first-order valence-corrected chi connectivity index (χ1v) is 11.5. The van der Waals surface area contributed by atoms with E-state index >= 15 is 0 Å². The van der Waals surface area contributed by atoms with Gasteiger partial charge >= 0.3 is 0 Å². The second-order valence-corrected chi connectivity index (χ2v) is 8.96. The molecule has 2 heterocycles. The molecule has 0 N–H and O–H groups in total. The molecule has 5 heteroatoms. The van der Waals surface area contributed by atoms with Gasteiger partial charge in [-0.25, -0.2) is 0 Å². The van der Waals surface area contributed by atoms with Gasteiger partial charge < -0.3 is 9.64 Å². The minimum absolute atomic E-state index is 0.220. The quantitative estimate of drug-likeness (QED) is 0.346. The number of pyridine rings is 1. The van der Waals surface area contributed by atoms with Crippen molar-refractivity contribution in [2.75, 3.05) is 18.0 Å². The number of hydrogen-bond donors (Lipinski definition) is 0. The average Bonchev–Trinajstić information content (AvgIpc) is 2.84. The summed E-state index contributed by atoms with van der Waals surface area (Å²) in [6, 6.07) is 24.2. The molecule has 1 saturated heterocycles. The number of nitrogens with zero attached hydrogens (tertiary/aromatic N) is 3. The lowest BCUT2D eigenvalue weighted by Crippen LogP contribution is -2.45. The van der Waals surface area contributed by atoms with Gasteiger partial charge in [-0.3, -0.25) is 4.98 Å². The number of benzene rings is 3. The number of para-hydroxylation sites is 1. The van der Waals surface area contributed by atoms with E-state index in [2.05, 4.69) is 49.1 Å². The maximum Gasteiger partial charge on any atom is 0.0991 e. The first-order chi connectivity index (χ1) is 16.0. The lowest BCUT2D eigenvalue weighted by Gasteiger charge is -2.36. The van der Waals surface area contributed by atoms with Crippen LogP contribution in [-0.2, 0) is 4.74 Å². The fourth-order valence-electron chi connectivity index (χ4n) is 4.59. The number of ether oxygens (including phenoxy) is 1. The van der Waals surface area contributed by atoms with E-state index in [1.54, 1.807) is 0 Å². The van der Waals surface area contributed by atoms with Crippen LogP contribution in [0, 0.1) is 11.3 Å². The summed E-state index contributed by atoms with van der Waals surface area (Å²) in [5.74, 6) is 0.